The first-order valence-corrected chi connectivity index (χ1v) is 6.49. The molecule has 2 aromatic rings. The molecule has 0 aliphatic carbocycles. The standard InChI is InChI=1S/C16H16N2O/c19-16-15(10-12-6-2-1-3-7-12)17-11-13-8-4-5-9-14(13)18-16/h1-9,15,17H,10-11H2,(H,18,19)/t15-/m1/s1. The SMILES string of the molecule is O=C1Nc2ccccc2CN[C@@H]1Cc1ccccc1. The predicted octanol–water partition coefficient (Wildman–Crippen LogP) is 2.34. The van der Waals surface area contributed by atoms with E-state index in [1.165, 1.54) is 5.56 Å². The molecule has 0 saturated heterocycles. The Morgan fingerprint density at radius 1 is 1.00 bits per heavy atom. The molecule has 1 heterocycles. The number of fused-ring (bicyclic) bond motifs is 1. The third-order valence-corrected chi connectivity index (χ3v) is 3.41. The minimum absolute atomic E-state index is 0.0359. The van der Waals surface area contributed by atoms with Crippen LogP contribution >= 0.6 is 0 Å². The van der Waals surface area contributed by atoms with Gasteiger partial charge >= 0.3 is 0 Å². The zero-order chi connectivity index (χ0) is 13.1. The normalized spacial score (nSPS) is 18.3. The van der Waals surface area contributed by atoms with Gasteiger partial charge in [-0.05, 0) is 23.6 Å². The smallest absolute Gasteiger partial charge is 0.241 e. The molecule has 3 nitrogen and oxygen atoms in total. The summed E-state index contributed by atoms with van der Waals surface area (Å²) in [6, 6.07) is 17.8. The van der Waals surface area contributed by atoms with Gasteiger partial charge in [-0.2, -0.15) is 0 Å². The van der Waals surface area contributed by atoms with Crippen molar-refractivity contribution in [1.29, 1.82) is 0 Å². The molecule has 0 unspecified atom stereocenters. The van der Waals surface area contributed by atoms with E-state index in [1.807, 2.05) is 54.6 Å². The van der Waals surface area contributed by atoms with Crippen molar-refractivity contribution >= 4 is 11.6 Å². The van der Waals surface area contributed by atoms with Crippen molar-refractivity contribution in [3.63, 3.8) is 0 Å². The largest absolute Gasteiger partial charge is 0.324 e. The number of nitrogens with one attached hydrogen (secondary N) is 2. The highest BCUT2D eigenvalue weighted by Gasteiger charge is 2.22. The van der Waals surface area contributed by atoms with Crippen molar-refractivity contribution in [3.8, 4) is 0 Å². The number of anilines is 1. The Balaban J connectivity index is 1.78. The van der Waals surface area contributed by atoms with Crippen LogP contribution in [0.15, 0.2) is 54.6 Å². The van der Waals surface area contributed by atoms with E-state index in [9.17, 15) is 4.79 Å². The summed E-state index contributed by atoms with van der Waals surface area (Å²) >= 11 is 0. The lowest BCUT2D eigenvalue weighted by molar-refractivity contribution is -0.118. The first-order chi connectivity index (χ1) is 9.33. The van der Waals surface area contributed by atoms with Crippen molar-refractivity contribution in [3.05, 3.63) is 65.7 Å². The molecular formula is C16H16N2O. The zero-order valence-electron chi connectivity index (χ0n) is 10.6. The summed E-state index contributed by atoms with van der Waals surface area (Å²) in [7, 11) is 0. The molecule has 2 aromatic carbocycles. The van der Waals surface area contributed by atoms with Gasteiger partial charge in [-0.3, -0.25) is 4.79 Å². The van der Waals surface area contributed by atoms with Crippen molar-refractivity contribution in [2.45, 2.75) is 19.0 Å². The molecule has 1 aliphatic rings. The zero-order valence-corrected chi connectivity index (χ0v) is 10.6. The number of carbonyl (C=O) groups is 1. The molecule has 0 radical (unpaired) electrons. The molecule has 2 N–H and O–H groups in total. The summed E-state index contributed by atoms with van der Waals surface area (Å²) in [6.45, 7) is 0.715. The van der Waals surface area contributed by atoms with E-state index in [1.54, 1.807) is 0 Å². The van der Waals surface area contributed by atoms with Crippen molar-refractivity contribution < 1.29 is 4.79 Å². The molecule has 1 amide bonds. The third kappa shape index (κ3) is 2.66. The average molecular weight is 252 g/mol. The Morgan fingerprint density at radius 3 is 2.58 bits per heavy atom. The predicted molar refractivity (Wildman–Crippen MR) is 75.8 cm³/mol. The lowest BCUT2D eigenvalue weighted by Gasteiger charge is -2.14. The molecule has 0 spiro atoms. The number of hydrogen-bond acceptors (Lipinski definition) is 2. The van der Waals surface area contributed by atoms with Gasteiger partial charge in [0.15, 0.2) is 0 Å². The topological polar surface area (TPSA) is 41.1 Å². The van der Waals surface area contributed by atoms with Crippen LogP contribution in [0.1, 0.15) is 11.1 Å². The van der Waals surface area contributed by atoms with Gasteiger partial charge in [0.2, 0.25) is 5.91 Å². The monoisotopic (exact) mass is 252 g/mol. The van der Waals surface area contributed by atoms with E-state index < -0.39 is 0 Å². The molecule has 0 bridgehead atoms. The second-order valence-corrected chi connectivity index (χ2v) is 4.77. The van der Waals surface area contributed by atoms with Gasteiger partial charge in [0.25, 0.3) is 0 Å². The highest BCUT2D eigenvalue weighted by Crippen LogP contribution is 2.18. The summed E-state index contributed by atoms with van der Waals surface area (Å²) in [5, 5.41) is 6.32. The van der Waals surface area contributed by atoms with Crippen LogP contribution in [0.2, 0.25) is 0 Å². The summed E-state index contributed by atoms with van der Waals surface area (Å²) in [5.74, 6) is 0.0359. The summed E-state index contributed by atoms with van der Waals surface area (Å²) < 4.78 is 0. The first kappa shape index (κ1) is 11.9. The fraction of sp³-hybridized carbons (Fsp3) is 0.188. The Kier molecular flexibility index (Phi) is 3.29. The molecule has 0 saturated carbocycles. The highest BCUT2D eigenvalue weighted by atomic mass is 16.2. The van der Waals surface area contributed by atoms with Crippen LogP contribution in [0.5, 0.6) is 0 Å². The van der Waals surface area contributed by atoms with E-state index in [2.05, 4.69) is 10.6 Å². The Morgan fingerprint density at radius 2 is 1.74 bits per heavy atom. The Labute approximate surface area is 112 Å². The van der Waals surface area contributed by atoms with E-state index in [0.29, 0.717) is 13.0 Å². The Bertz CT molecular complexity index is 580. The molecule has 0 fully saturated rings. The quantitative estimate of drug-likeness (QED) is 0.861. The third-order valence-electron chi connectivity index (χ3n) is 3.41. The Hall–Kier alpha value is -2.13. The van der Waals surface area contributed by atoms with Gasteiger partial charge in [-0.25, -0.2) is 0 Å². The number of carbonyl (C=O) groups excluding carboxylic acids is 1. The molecule has 3 heteroatoms. The van der Waals surface area contributed by atoms with E-state index >= 15 is 0 Å². The first-order valence-electron chi connectivity index (χ1n) is 6.49. The number of amides is 1. The van der Waals surface area contributed by atoms with Gasteiger partial charge in [-0.1, -0.05) is 48.5 Å². The molecule has 3 rings (SSSR count). The van der Waals surface area contributed by atoms with Crippen LogP contribution in [-0.4, -0.2) is 11.9 Å². The molecule has 0 aromatic heterocycles. The van der Waals surface area contributed by atoms with Crippen LogP contribution in [0.3, 0.4) is 0 Å². The fourth-order valence-corrected chi connectivity index (χ4v) is 2.36. The molecule has 96 valence electrons. The van der Waals surface area contributed by atoms with Gasteiger partial charge in [0.05, 0.1) is 6.04 Å². The maximum atomic E-state index is 12.2. The number of rotatable bonds is 2. The lowest BCUT2D eigenvalue weighted by atomic mass is 10.1. The van der Waals surface area contributed by atoms with Gasteiger partial charge in [0.1, 0.15) is 0 Å². The maximum absolute atomic E-state index is 12.2. The van der Waals surface area contributed by atoms with Crippen LogP contribution in [0.4, 0.5) is 5.69 Å². The van der Waals surface area contributed by atoms with Gasteiger partial charge in [0, 0.05) is 12.2 Å². The van der Waals surface area contributed by atoms with E-state index in [4.69, 9.17) is 0 Å². The number of para-hydroxylation sites is 1. The molecule has 1 aliphatic heterocycles. The summed E-state index contributed by atoms with van der Waals surface area (Å²) in [4.78, 5) is 12.2. The van der Waals surface area contributed by atoms with Crippen LogP contribution in [0, 0.1) is 0 Å². The summed E-state index contributed by atoms with van der Waals surface area (Å²) in [6.07, 6.45) is 0.709. The molecule has 19 heavy (non-hydrogen) atoms. The second-order valence-electron chi connectivity index (χ2n) is 4.77. The van der Waals surface area contributed by atoms with Crippen molar-refractivity contribution in [1.82, 2.24) is 5.32 Å². The highest BCUT2D eigenvalue weighted by molar-refractivity contribution is 5.96. The minimum atomic E-state index is -0.185. The number of benzene rings is 2. The van der Waals surface area contributed by atoms with Crippen molar-refractivity contribution in [2.24, 2.45) is 0 Å². The number of hydrogen-bond donors (Lipinski definition) is 2. The van der Waals surface area contributed by atoms with Crippen LogP contribution in [-0.2, 0) is 17.8 Å². The van der Waals surface area contributed by atoms with E-state index in [0.717, 1.165) is 11.3 Å². The average Bonchev–Trinajstić information content (AvgIpc) is 2.60. The molecular weight excluding hydrogens is 236 g/mol. The lowest BCUT2D eigenvalue weighted by Crippen LogP contribution is -2.39. The molecule has 1 atom stereocenters. The van der Waals surface area contributed by atoms with Gasteiger partial charge < -0.3 is 10.6 Å². The van der Waals surface area contributed by atoms with E-state index in [-0.39, 0.29) is 11.9 Å². The maximum Gasteiger partial charge on any atom is 0.241 e. The van der Waals surface area contributed by atoms with Crippen LogP contribution < -0.4 is 10.6 Å². The van der Waals surface area contributed by atoms with Crippen LogP contribution in [0.25, 0.3) is 0 Å². The minimum Gasteiger partial charge on any atom is -0.324 e. The second kappa shape index (κ2) is 5.24. The fourth-order valence-electron chi connectivity index (χ4n) is 2.36. The van der Waals surface area contributed by atoms with Crippen molar-refractivity contribution in [2.75, 3.05) is 5.32 Å². The summed E-state index contributed by atoms with van der Waals surface area (Å²) in [5.41, 5.74) is 3.21. The van der Waals surface area contributed by atoms with Gasteiger partial charge in [-0.15, -0.1) is 0 Å².